The number of aromatic nitrogens is 2. The van der Waals surface area contributed by atoms with Crippen LogP contribution < -0.4 is 26.3 Å². The number of methoxy groups -OCH3 is 2. The zero-order valence-electron chi connectivity index (χ0n) is 23.2. The zero-order valence-corrected chi connectivity index (χ0v) is 24.0. The highest BCUT2D eigenvalue weighted by atomic mass is 35.5. The molecule has 40 heavy (non-hydrogen) atoms. The van der Waals surface area contributed by atoms with Crippen LogP contribution in [0.15, 0.2) is 40.9 Å². The van der Waals surface area contributed by atoms with Gasteiger partial charge in [-0.1, -0.05) is 11.6 Å². The molecule has 0 radical (unpaired) electrons. The number of nitrogens with zero attached hydrogens (tertiary/aromatic N) is 4. The number of nitrogens with two attached hydrogens (primary N) is 2. The van der Waals surface area contributed by atoms with E-state index in [-0.39, 0.29) is 18.4 Å². The van der Waals surface area contributed by atoms with Gasteiger partial charge < -0.3 is 40.5 Å². The maximum atomic E-state index is 13.2. The lowest BCUT2D eigenvalue weighted by Gasteiger charge is -2.21. The van der Waals surface area contributed by atoms with Crippen LogP contribution in [0.2, 0.25) is 5.02 Å². The molecule has 4 aromatic rings. The van der Waals surface area contributed by atoms with Gasteiger partial charge in [0.15, 0.2) is 11.3 Å². The van der Waals surface area contributed by atoms with E-state index in [1.165, 1.54) is 0 Å². The lowest BCUT2D eigenvalue weighted by atomic mass is 10.0. The first-order valence-corrected chi connectivity index (χ1v) is 13.0. The molecule has 0 spiro atoms. The number of fused-ring (bicyclic) bond motifs is 1. The molecule has 0 unspecified atom stereocenters. The van der Waals surface area contributed by atoms with E-state index in [0.717, 1.165) is 17.5 Å². The highest BCUT2D eigenvalue weighted by Gasteiger charge is 2.21. The topological polar surface area (TPSA) is 145 Å². The highest BCUT2D eigenvalue weighted by Crippen LogP contribution is 2.40. The second-order valence-corrected chi connectivity index (χ2v) is 10.1. The molecule has 5 N–H and O–H groups in total. The van der Waals surface area contributed by atoms with Gasteiger partial charge >= 0.3 is 0 Å². The minimum Gasteiger partial charge on any atom is -0.493 e. The Morgan fingerprint density at radius 1 is 1.07 bits per heavy atom. The van der Waals surface area contributed by atoms with Crippen LogP contribution >= 0.6 is 11.6 Å². The number of benzene rings is 2. The van der Waals surface area contributed by atoms with Gasteiger partial charge in [-0.2, -0.15) is 4.98 Å². The van der Waals surface area contributed by atoms with Crippen LogP contribution in [0.3, 0.4) is 0 Å². The van der Waals surface area contributed by atoms with Gasteiger partial charge in [0.1, 0.15) is 11.6 Å². The molecular weight excluding hydrogens is 534 g/mol. The lowest BCUT2D eigenvalue weighted by Crippen LogP contribution is -2.33. The summed E-state index contributed by atoms with van der Waals surface area (Å²) in [6.07, 6.45) is 2.03. The molecule has 2 aromatic carbocycles. The molecule has 0 atom stereocenters. The number of nitrogen functional groups attached to an aromatic ring is 2. The zero-order chi connectivity index (χ0) is 29.0. The molecule has 1 amide bonds. The average Bonchev–Trinajstić information content (AvgIpc) is 3.35. The average molecular weight is 568 g/mol. The van der Waals surface area contributed by atoms with Gasteiger partial charge in [-0.15, -0.1) is 0 Å². The smallest absolute Gasteiger partial charge is 0.255 e. The van der Waals surface area contributed by atoms with Crippen molar-refractivity contribution in [2.24, 2.45) is 0 Å². The Labute approximate surface area is 238 Å². The van der Waals surface area contributed by atoms with Gasteiger partial charge in [0.05, 0.1) is 26.3 Å². The van der Waals surface area contributed by atoms with E-state index in [9.17, 15) is 4.79 Å². The van der Waals surface area contributed by atoms with Gasteiger partial charge in [0.25, 0.3) is 5.91 Å². The highest BCUT2D eigenvalue weighted by molar-refractivity contribution is 6.31. The molecule has 0 bridgehead atoms. The summed E-state index contributed by atoms with van der Waals surface area (Å²) in [5, 5.41) is 4.65. The van der Waals surface area contributed by atoms with E-state index in [0.29, 0.717) is 63.5 Å². The quantitative estimate of drug-likeness (QED) is 0.244. The number of carbonyl (C=O) groups is 1. The normalized spacial score (nSPS) is 11.2. The van der Waals surface area contributed by atoms with Crippen molar-refractivity contribution in [2.45, 2.75) is 13.0 Å². The number of furan rings is 1. The van der Waals surface area contributed by atoms with Crippen molar-refractivity contribution < 1.29 is 18.7 Å². The van der Waals surface area contributed by atoms with Crippen molar-refractivity contribution in [3.8, 4) is 11.5 Å². The second-order valence-electron chi connectivity index (χ2n) is 9.62. The minimum absolute atomic E-state index is 0.109. The fourth-order valence-corrected chi connectivity index (χ4v) is 4.48. The van der Waals surface area contributed by atoms with Crippen LogP contribution in [0.25, 0.3) is 11.0 Å². The van der Waals surface area contributed by atoms with E-state index in [2.05, 4.69) is 15.3 Å². The number of hydrogen-bond donors (Lipinski definition) is 3. The van der Waals surface area contributed by atoms with Gasteiger partial charge in [0.2, 0.25) is 11.7 Å². The summed E-state index contributed by atoms with van der Waals surface area (Å²) >= 11 is 6.29. The fraction of sp³-hybridized carbons (Fsp3) is 0.321. The Balaban J connectivity index is 1.66. The SMILES string of the molecule is COc1cc(Cc2cnc(N)nc2N)c2cc(CNc3cc(Cl)ccc3C(=O)N(C)CCN(C)C)oc2c1OC. The molecule has 2 heterocycles. The first-order valence-electron chi connectivity index (χ1n) is 12.6. The van der Waals surface area contributed by atoms with Crippen LogP contribution in [0.1, 0.15) is 27.2 Å². The summed E-state index contributed by atoms with van der Waals surface area (Å²) in [4.78, 5) is 25.1. The summed E-state index contributed by atoms with van der Waals surface area (Å²) < 4.78 is 17.4. The molecule has 2 aromatic heterocycles. The standard InChI is InChI=1S/C28H34ClN7O4/c1-35(2)8-9-36(3)27(37)20-7-6-18(29)12-22(20)32-15-19-13-21-16(10-17-14-33-28(31)34-26(17)30)11-23(38-4)25(39-5)24(21)40-19/h6-7,11-14,32H,8-10,15H2,1-5H3,(H4,30,31,33,34). The van der Waals surface area contributed by atoms with Crippen LogP contribution in [0.4, 0.5) is 17.5 Å². The number of likely N-dealkylation sites (N-methyl/N-ethyl adjacent to an activating group) is 2. The Bertz CT molecular complexity index is 1520. The van der Waals surface area contributed by atoms with Crippen molar-refractivity contribution in [3.63, 3.8) is 0 Å². The van der Waals surface area contributed by atoms with E-state index in [1.54, 1.807) is 50.6 Å². The van der Waals surface area contributed by atoms with Crippen molar-refractivity contribution >= 4 is 45.9 Å². The number of ether oxygens (including phenoxy) is 2. The third-order valence-electron chi connectivity index (χ3n) is 6.48. The first-order chi connectivity index (χ1) is 19.1. The monoisotopic (exact) mass is 567 g/mol. The minimum atomic E-state index is -0.109. The lowest BCUT2D eigenvalue weighted by molar-refractivity contribution is 0.0787. The van der Waals surface area contributed by atoms with Crippen molar-refractivity contribution in [2.75, 3.05) is 65.2 Å². The number of halogens is 1. The fourth-order valence-electron chi connectivity index (χ4n) is 4.31. The summed E-state index contributed by atoms with van der Waals surface area (Å²) in [6, 6.07) is 8.96. The van der Waals surface area contributed by atoms with Crippen LogP contribution in [-0.4, -0.2) is 74.1 Å². The van der Waals surface area contributed by atoms with Crippen LogP contribution in [-0.2, 0) is 13.0 Å². The summed E-state index contributed by atoms with van der Waals surface area (Å²) in [6.45, 7) is 1.62. The Hall–Kier alpha value is -4.22. The molecule has 0 aliphatic heterocycles. The first kappa shape index (κ1) is 28.8. The van der Waals surface area contributed by atoms with E-state index >= 15 is 0 Å². The molecular formula is C28H34ClN7O4. The Morgan fingerprint density at radius 2 is 1.85 bits per heavy atom. The molecule has 0 saturated carbocycles. The van der Waals surface area contributed by atoms with E-state index < -0.39 is 0 Å². The van der Waals surface area contributed by atoms with Crippen molar-refractivity contribution in [3.05, 3.63) is 64.0 Å². The number of nitrogens with one attached hydrogen (secondary N) is 1. The Kier molecular flexibility index (Phi) is 8.86. The third kappa shape index (κ3) is 6.32. The van der Waals surface area contributed by atoms with Crippen LogP contribution in [0.5, 0.6) is 11.5 Å². The number of amides is 1. The number of hydrogen-bond acceptors (Lipinski definition) is 10. The molecule has 212 valence electrons. The van der Waals surface area contributed by atoms with E-state index in [1.807, 2.05) is 31.1 Å². The van der Waals surface area contributed by atoms with Gasteiger partial charge in [-0.25, -0.2) is 4.98 Å². The second kappa shape index (κ2) is 12.3. The van der Waals surface area contributed by atoms with Gasteiger partial charge in [-0.3, -0.25) is 4.79 Å². The summed E-state index contributed by atoms with van der Waals surface area (Å²) in [7, 11) is 8.83. The maximum Gasteiger partial charge on any atom is 0.255 e. The molecule has 11 nitrogen and oxygen atoms in total. The molecule has 12 heteroatoms. The van der Waals surface area contributed by atoms with E-state index in [4.69, 9.17) is 37.0 Å². The molecule has 4 rings (SSSR count). The number of anilines is 3. The number of rotatable bonds is 11. The number of carbonyl (C=O) groups excluding carboxylic acids is 1. The summed E-state index contributed by atoms with van der Waals surface area (Å²) in [5.74, 6) is 1.89. The van der Waals surface area contributed by atoms with Gasteiger partial charge in [0, 0.05) is 54.4 Å². The summed E-state index contributed by atoms with van der Waals surface area (Å²) in [5.41, 5.74) is 15.0. The molecule has 0 saturated heterocycles. The van der Waals surface area contributed by atoms with Crippen LogP contribution in [0, 0.1) is 0 Å². The third-order valence-corrected chi connectivity index (χ3v) is 6.72. The van der Waals surface area contributed by atoms with Gasteiger partial charge in [-0.05, 0) is 50.0 Å². The molecule has 0 aliphatic carbocycles. The predicted molar refractivity (Wildman–Crippen MR) is 157 cm³/mol. The Morgan fingerprint density at radius 3 is 2.52 bits per heavy atom. The maximum absolute atomic E-state index is 13.2. The van der Waals surface area contributed by atoms with Crippen molar-refractivity contribution in [1.82, 2.24) is 19.8 Å². The molecule has 0 aliphatic rings. The predicted octanol–water partition coefficient (Wildman–Crippen LogP) is 3.89. The largest absolute Gasteiger partial charge is 0.493 e. The van der Waals surface area contributed by atoms with Crippen molar-refractivity contribution in [1.29, 1.82) is 0 Å². The molecule has 0 fully saturated rings.